The topological polar surface area (TPSA) is 29.5 Å². The van der Waals surface area contributed by atoms with Gasteiger partial charge in [0.25, 0.3) is 0 Å². The molecule has 0 fully saturated rings. The lowest BCUT2D eigenvalue weighted by Crippen LogP contribution is -2.40. The van der Waals surface area contributed by atoms with Crippen LogP contribution in [0.4, 0.5) is 10.5 Å². The van der Waals surface area contributed by atoms with Crippen molar-refractivity contribution >= 4 is 29.6 Å². The molecule has 1 aromatic carbocycles. The van der Waals surface area contributed by atoms with E-state index in [1.54, 1.807) is 16.7 Å². The highest BCUT2D eigenvalue weighted by molar-refractivity contribution is 8.00. The zero-order chi connectivity index (χ0) is 13.7. The Balaban J connectivity index is 2.31. The smallest absolute Gasteiger partial charge is 0.415 e. The van der Waals surface area contributed by atoms with Gasteiger partial charge in [-0.25, -0.2) is 4.79 Å². The van der Waals surface area contributed by atoms with E-state index in [0.717, 1.165) is 17.0 Å². The van der Waals surface area contributed by atoms with Gasteiger partial charge in [0.15, 0.2) is 0 Å². The van der Waals surface area contributed by atoms with Crippen LogP contribution in [0.5, 0.6) is 0 Å². The van der Waals surface area contributed by atoms with E-state index in [-0.39, 0.29) is 11.5 Å². The third kappa shape index (κ3) is 3.01. The first-order valence-electron chi connectivity index (χ1n) is 6.23. The molecule has 0 saturated heterocycles. The molecule has 1 amide bonds. The number of para-hydroxylation sites is 1. The zero-order valence-corrected chi connectivity index (χ0v) is 11.7. The third-order valence-corrected chi connectivity index (χ3v) is 3.88. The van der Waals surface area contributed by atoms with Crippen molar-refractivity contribution < 1.29 is 9.53 Å². The Labute approximate surface area is 117 Å². The summed E-state index contributed by atoms with van der Waals surface area (Å²) in [5.74, 6) is 0.785. The van der Waals surface area contributed by atoms with Crippen LogP contribution in [0, 0.1) is 0 Å². The van der Waals surface area contributed by atoms with Crippen LogP contribution in [0.2, 0.25) is 0 Å². The molecule has 1 atom stereocenters. The molecule has 0 saturated carbocycles. The minimum absolute atomic E-state index is 0.0491. The highest BCUT2D eigenvalue weighted by Gasteiger charge is 2.28. The van der Waals surface area contributed by atoms with Crippen molar-refractivity contribution in [3.63, 3.8) is 0 Å². The minimum Gasteiger partial charge on any atom is -0.449 e. The number of carbonyl (C=O) groups is 1. The first-order chi connectivity index (χ1) is 9.27. The van der Waals surface area contributed by atoms with Crippen LogP contribution in [-0.2, 0) is 4.74 Å². The van der Waals surface area contributed by atoms with Gasteiger partial charge < -0.3 is 4.74 Å². The summed E-state index contributed by atoms with van der Waals surface area (Å²) >= 11 is 1.64. The second-order valence-electron chi connectivity index (χ2n) is 4.00. The van der Waals surface area contributed by atoms with Gasteiger partial charge in [-0.1, -0.05) is 36.4 Å². The van der Waals surface area contributed by atoms with Crippen LogP contribution >= 0.6 is 11.8 Å². The molecule has 0 radical (unpaired) electrons. The first-order valence-corrected chi connectivity index (χ1v) is 7.28. The van der Waals surface area contributed by atoms with Gasteiger partial charge in [-0.15, -0.1) is 18.3 Å². The van der Waals surface area contributed by atoms with Crippen LogP contribution in [-0.4, -0.2) is 23.8 Å². The first kappa shape index (κ1) is 13.7. The lowest BCUT2D eigenvalue weighted by molar-refractivity contribution is 0.160. The Bertz CT molecular complexity index is 499. The van der Waals surface area contributed by atoms with Gasteiger partial charge in [0.2, 0.25) is 0 Å². The summed E-state index contributed by atoms with van der Waals surface area (Å²) in [6.07, 6.45) is 5.60. The van der Waals surface area contributed by atoms with E-state index in [1.165, 1.54) is 0 Å². The number of hydrogen-bond acceptors (Lipinski definition) is 3. The predicted molar refractivity (Wildman–Crippen MR) is 81.4 cm³/mol. The molecule has 4 heteroatoms. The number of hydrogen-bond donors (Lipinski definition) is 0. The van der Waals surface area contributed by atoms with Crippen molar-refractivity contribution in [3.8, 4) is 0 Å². The molecule has 1 aliphatic rings. The van der Waals surface area contributed by atoms with Crippen molar-refractivity contribution in [2.24, 2.45) is 0 Å². The molecule has 100 valence electrons. The lowest BCUT2D eigenvalue weighted by Gasteiger charge is -2.32. The molecule has 2 rings (SSSR count). The summed E-state index contributed by atoms with van der Waals surface area (Å²) in [5, 5.41) is -0.0491. The van der Waals surface area contributed by atoms with E-state index in [2.05, 4.69) is 6.58 Å². The van der Waals surface area contributed by atoms with E-state index >= 15 is 0 Å². The third-order valence-electron chi connectivity index (χ3n) is 2.74. The second kappa shape index (κ2) is 6.48. The summed E-state index contributed by atoms with van der Waals surface area (Å²) in [6.45, 7) is 5.91. The number of anilines is 1. The molecule has 0 spiro atoms. The van der Waals surface area contributed by atoms with Crippen LogP contribution in [0.3, 0.4) is 0 Å². The van der Waals surface area contributed by atoms with Crippen LogP contribution < -0.4 is 4.90 Å². The largest absolute Gasteiger partial charge is 0.449 e. The Morgan fingerprint density at radius 3 is 3.05 bits per heavy atom. The summed E-state index contributed by atoms with van der Waals surface area (Å²) < 4.78 is 5.16. The molecule has 1 heterocycles. The molecule has 1 unspecified atom stereocenters. The number of benzene rings is 1. The van der Waals surface area contributed by atoms with Crippen LogP contribution in [0.25, 0.3) is 6.08 Å². The van der Waals surface area contributed by atoms with E-state index in [9.17, 15) is 4.79 Å². The Kier molecular flexibility index (Phi) is 4.68. The van der Waals surface area contributed by atoms with Gasteiger partial charge in [-0.05, 0) is 18.6 Å². The Morgan fingerprint density at radius 1 is 1.53 bits per heavy atom. The van der Waals surface area contributed by atoms with Crippen molar-refractivity contribution in [3.05, 3.63) is 48.6 Å². The number of rotatable bonds is 4. The molecule has 0 aromatic heterocycles. The summed E-state index contributed by atoms with van der Waals surface area (Å²) in [7, 11) is 0. The summed E-state index contributed by atoms with van der Waals surface area (Å²) in [6, 6.07) is 7.83. The average Bonchev–Trinajstić information content (AvgIpc) is 2.44. The van der Waals surface area contributed by atoms with E-state index < -0.39 is 0 Å². The number of amides is 1. The SMILES string of the molecule is C=CCSC1C=Cc2ccccc2N1C(=O)OCC. The van der Waals surface area contributed by atoms with Gasteiger partial charge in [0.05, 0.1) is 12.3 Å². The molecule has 1 aromatic rings. The van der Waals surface area contributed by atoms with Crippen molar-refractivity contribution in [2.75, 3.05) is 17.3 Å². The highest BCUT2D eigenvalue weighted by Crippen LogP contribution is 2.33. The van der Waals surface area contributed by atoms with Gasteiger partial charge >= 0.3 is 6.09 Å². The zero-order valence-electron chi connectivity index (χ0n) is 10.9. The Morgan fingerprint density at radius 2 is 2.32 bits per heavy atom. The number of thioether (sulfide) groups is 1. The van der Waals surface area contributed by atoms with E-state index in [0.29, 0.717) is 6.61 Å². The van der Waals surface area contributed by atoms with Crippen LogP contribution in [0.1, 0.15) is 12.5 Å². The van der Waals surface area contributed by atoms with Crippen molar-refractivity contribution in [2.45, 2.75) is 12.3 Å². The fourth-order valence-corrected chi connectivity index (χ4v) is 2.82. The summed E-state index contributed by atoms with van der Waals surface area (Å²) in [5.41, 5.74) is 1.93. The van der Waals surface area contributed by atoms with Crippen molar-refractivity contribution in [1.29, 1.82) is 0 Å². The van der Waals surface area contributed by atoms with Gasteiger partial charge in [-0.2, -0.15) is 0 Å². The molecular formula is C15H17NO2S. The number of nitrogens with zero attached hydrogens (tertiary/aromatic N) is 1. The maximum atomic E-state index is 12.2. The lowest BCUT2D eigenvalue weighted by atomic mass is 10.1. The molecule has 1 aliphatic heterocycles. The average molecular weight is 275 g/mol. The molecule has 3 nitrogen and oxygen atoms in total. The van der Waals surface area contributed by atoms with Gasteiger partial charge in [0.1, 0.15) is 5.37 Å². The van der Waals surface area contributed by atoms with Gasteiger partial charge in [0, 0.05) is 5.75 Å². The van der Waals surface area contributed by atoms with E-state index in [1.807, 2.05) is 49.4 Å². The van der Waals surface area contributed by atoms with Crippen molar-refractivity contribution in [1.82, 2.24) is 0 Å². The number of fused-ring (bicyclic) bond motifs is 1. The Hall–Kier alpha value is -1.68. The molecular weight excluding hydrogens is 258 g/mol. The molecule has 0 N–H and O–H groups in total. The fourth-order valence-electron chi connectivity index (χ4n) is 1.95. The van der Waals surface area contributed by atoms with Gasteiger partial charge in [-0.3, -0.25) is 4.90 Å². The quantitative estimate of drug-likeness (QED) is 0.780. The summed E-state index contributed by atoms with van der Waals surface area (Å²) in [4.78, 5) is 13.9. The number of ether oxygens (including phenoxy) is 1. The van der Waals surface area contributed by atoms with E-state index in [4.69, 9.17) is 4.74 Å². The second-order valence-corrected chi connectivity index (χ2v) is 5.15. The maximum Gasteiger partial charge on any atom is 0.415 e. The fraction of sp³-hybridized carbons (Fsp3) is 0.267. The predicted octanol–water partition coefficient (Wildman–Crippen LogP) is 3.92. The normalized spacial score (nSPS) is 16.9. The number of carbonyl (C=O) groups excluding carboxylic acids is 1. The monoisotopic (exact) mass is 275 g/mol. The minimum atomic E-state index is -0.305. The maximum absolute atomic E-state index is 12.2. The highest BCUT2D eigenvalue weighted by atomic mass is 32.2. The molecule has 0 aliphatic carbocycles. The standard InChI is InChI=1S/C15H17NO2S/c1-3-11-19-14-10-9-12-7-5-6-8-13(12)16(14)15(17)18-4-2/h3,5-10,14H,1,4,11H2,2H3. The molecule has 19 heavy (non-hydrogen) atoms. The molecule has 0 bridgehead atoms. The van der Waals surface area contributed by atoms with Crippen LogP contribution in [0.15, 0.2) is 43.0 Å².